The molecule has 1 aliphatic heterocycles. The third-order valence-corrected chi connectivity index (χ3v) is 6.21. The van der Waals surface area contributed by atoms with Crippen LogP contribution in [-0.4, -0.2) is 32.3 Å². The molecule has 4 rings (SSSR count). The minimum Gasteiger partial charge on any atom is -0.323 e. The summed E-state index contributed by atoms with van der Waals surface area (Å²) in [5, 5.41) is 5.57. The quantitative estimate of drug-likeness (QED) is 0.567. The average molecular weight is 436 g/mol. The fourth-order valence-corrected chi connectivity index (χ4v) is 4.23. The van der Waals surface area contributed by atoms with Crippen LogP contribution in [0.5, 0.6) is 0 Å². The van der Waals surface area contributed by atoms with Gasteiger partial charge in [0.05, 0.1) is 4.90 Å². The number of urea groups is 1. The van der Waals surface area contributed by atoms with Crippen molar-refractivity contribution in [1.29, 1.82) is 0 Å². The van der Waals surface area contributed by atoms with E-state index in [1.807, 2.05) is 0 Å². The molecule has 0 spiro atoms. The van der Waals surface area contributed by atoms with Crippen LogP contribution in [0.15, 0.2) is 77.7 Å². The second-order valence-electron chi connectivity index (χ2n) is 7.11. The second kappa shape index (κ2) is 8.11. The van der Waals surface area contributed by atoms with E-state index >= 15 is 0 Å². The molecule has 0 bridgehead atoms. The number of hydrogen-bond donors (Lipinski definition) is 3. The van der Waals surface area contributed by atoms with Gasteiger partial charge in [-0.25, -0.2) is 13.2 Å². The Labute approximate surface area is 179 Å². The van der Waals surface area contributed by atoms with Crippen molar-refractivity contribution in [2.45, 2.75) is 11.4 Å². The standard InChI is InChI=1S/C22H20N4O4S/c1-26-14-16-13-18(9-12-20(16)24-22(26)28)23-21(27)15-7-10-19(11-8-15)31(29,30)25-17-5-3-2-4-6-17/h2-13,25H,14H2,1H3,(H,23,27)(H,24,28). The fraction of sp³-hybridized carbons (Fsp3) is 0.0909. The maximum atomic E-state index is 12.6. The van der Waals surface area contributed by atoms with E-state index in [0.29, 0.717) is 29.2 Å². The number of nitrogens with one attached hydrogen (secondary N) is 3. The summed E-state index contributed by atoms with van der Waals surface area (Å²) in [6.45, 7) is 0.436. The molecule has 3 aromatic carbocycles. The topological polar surface area (TPSA) is 108 Å². The first-order chi connectivity index (χ1) is 14.8. The van der Waals surface area contributed by atoms with Crippen LogP contribution in [0, 0.1) is 0 Å². The molecule has 1 heterocycles. The number of sulfonamides is 1. The lowest BCUT2D eigenvalue weighted by Gasteiger charge is -2.26. The number of benzene rings is 3. The highest BCUT2D eigenvalue weighted by atomic mass is 32.2. The van der Waals surface area contributed by atoms with Crippen LogP contribution in [0.1, 0.15) is 15.9 Å². The summed E-state index contributed by atoms with van der Waals surface area (Å²) in [5.74, 6) is -0.367. The van der Waals surface area contributed by atoms with E-state index in [-0.39, 0.29) is 16.8 Å². The van der Waals surface area contributed by atoms with Crippen LogP contribution in [0.3, 0.4) is 0 Å². The van der Waals surface area contributed by atoms with Gasteiger partial charge in [0, 0.05) is 36.2 Å². The van der Waals surface area contributed by atoms with Gasteiger partial charge in [-0.2, -0.15) is 0 Å². The third kappa shape index (κ3) is 4.51. The number of carbonyl (C=O) groups excluding carboxylic acids is 2. The highest BCUT2D eigenvalue weighted by Crippen LogP contribution is 2.26. The summed E-state index contributed by atoms with van der Waals surface area (Å²) >= 11 is 0. The molecule has 0 aliphatic carbocycles. The molecule has 3 amide bonds. The fourth-order valence-electron chi connectivity index (χ4n) is 3.17. The molecule has 0 radical (unpaired) electrons. The van der Waals surface area contributed by atoms with Gasteiger partial charge < -0.3 is 15.5 Å². The smallest absolute Gasteiger partial charge is 0.321 e. The van der Waals surface area contributed by atoms with E-state index in [1.165, 1.54) is 29.2 Å². The van der Waals surface area contributed by atoms with E-state index in [1.54, 1.807) is 55.6 Å². The first kappa shape index (κ1) is 20.4. The second-order valence-corrected chi connectivity index (χ2v) is 8.79. The molecule has 9 heteroatoms. The molecule has 0 unspecified atom stereocenters. The number of nitrogens with zero attached hydrogens (tertiary/aromatic N) is 1. The van der Waals surface area contributed by atoms with Crippen molar-refractivity contribution in [3.05, 3.63) is 83.9 Å². The molecule has 3 N–H and O–H groups in total. The molecule has 3 aromatic rings. The van der Waals surface area contributed by atoms with Crippen molar-refractivity contribution < 1.29 is 18.0 Å². The Morgan fingerprint density at radius 3 is 2.39 bits per heavy atom. The van der Waals surface area contributed by atoms with Gasteiger partial charge in [0.1, 0.15) is 0 Å². The predicted molar refractivity (Wildman–Crippen MR) is 119 cm³/mol. The van der Waals surface area contributed by atoms with E-state index in [0.717, 1.165) is 5.56 Å². The van der Waals surface area contributed by atoms with Gasteiger partial charge in [-0.3, -0.25) is 9.52 Å². The van der Waals surface area contributed by atoms with Crippen LogP contribution >= 0.6 is 0 Å². The molecule has 0 aromatic heterocycles. The Balaban J connectivity index is 1.46. The molecular formula is C22H20N4O4S. The zero-order chi connectivity index (χ0) is 22.0. The molecule has 0 saturated carbocycles. The SMILES string of the molecule is CN1Cc2cc(NC(=O)c3ccc(S(=O)(=O)Nc4ccccc4)cc3)ccc2NC1=O. The maximum absolute atomic E-state index is 12.6. The summed E-state index contributed by atoms with van der Waals surface area (Å²) in [7, 11) is -2.07. The first-order valence-corrected chi connectivity index (χ1v) is 10.9. The van der Waals surface area contributed by atoms with Gasteiger partial charge >= 0.3 is 6.03 Å². The normalized spacial score (nSPS) is 13.2. The van der Waals surface area contributed by atoms with Crippen molar-refractivity contribution >= 4 is 39.0 Å². The van der Waals surface area contributed by atoms with Crippen LogP contribution in [0.25, 0.3) is 0 Å². The van der Waals surface area contributed by atoms with Gasteiger partial charge in [-0.1, -0.05) is 18.2 Å². The first-order valence-electron chi connectivity index (χ1n) is 9.46. The molecule has 158 valence electrons. The van der Waals surface area contributed by atoms with Crippen molar-refractivity contribution in [3.8, 4) is 0 Å². The average Bonchev–Trinajstić information content (AvgIpc) is 2.75. The minimum absolute atomic E-state index is 0.0560. The lowest BCUT2D eigenvalue weighted by molar-refractivity contribution is 0.102. The summed E-state index contributed by atoms with van der Waals surface area (Å²) in [5.41, 5.74) is 2.95. The van der Waals surface area contributed by atoms with Gasteiger partial charge in [0.15, 0.2) is 0 Å². The number of hydrogen-bond acceptors (Lipinski definition) is 4. The van der Waals surface area contributed by atoms with Crippen molar-refractivity contribution in [1.82, 2.24) is 4.90 Å². The molecular weight excluding hydrogens is 416 g/mol. The highest BCUT2D eigenvalue weighted by Gasteiger charge is 2.20. The summed E-state index contributed by atoms with van der Waals surface area (Å²) in [4.78, 5) is 25.9. The molecule has 0 atom stereocenters. The van der Waals surface area contributed by atoms with Gasteiger partial charge in [-0.05, 0) is 60.2 Å². The van der Waals surface area contributed by atoms with Gasteiger partial charge in [-0.15, -0.1) is 0 Å². The number of carbonyl (C=O) groups is 2. The summed E-state index contributed by atoms with van der Waals surface area (Å²) < 4.78 is 27.5. The Bertz CT molecular complexity index is 1240. The van der Waals surface area contributed by atoms with E-state index < -0.39 is 10.0 Å². The monoisotopic (exact) mass is 436 g/mol. The molecule has 8 nitrogen and oxygen atoms in total. The van der Waals surface area contributed by atoms with Crippen LogP contribution in [-0.2, 0) is 16.6 Å². The number of anilines is 3. The van der Waals surface area contributed by atoms with Crippen LogP contribution < -0.4 is 15.4 Å². The van der Waals surface area contributed by atoms with Crippen molar-refractivity contribution in [2.24, 2.45) is 0 Å². The van der Waals surface area contributed by atoms with Crippen molar-refractivity contribution in [3.63, 3.8) is 0 Å². The number of para-hydroxylation sites is 1. The van der Waals surface area contributed by atoms with Gasteiger partial charge in [0.2, 0.25) is 0 Å². The summed E-state index contributed by atoms with van der Waals surface area (Å²) in [6, 6.07) is 19.3. The number of amides is 3. The van der Waals surface area contributed by atoms with Crippen LogP contribution in [0.2, 0.25) is 0 Å². The zero-order valence-corrected chi connectivity index (χ0v) is 17.4. The molecule has 31 heavy (non-hydrogen) atoms. The largest absolute Gasteiger partial charge is 0.323 e. The van der Waals surface area contributed by atoms with E-state index in [2.05, 4.69) is 15.4 Å². The lowest BCUT2D eigenvalue weighted by atomic mass is 10.1. The molecule has 1 aliphatic rings. The minimum atomic E-state index is -3.76. The number of fused-ring (bicyclic) bond motifs is 1. The Hall–Kier alpha value is -3.85. The third-order valence-electron chi connectivity index (χ3n) is 4.81. The predicted octanol–water partition coefficient (Wildman–Crippen LogP) is 3.72. The van der Waals surface area contributed by atoms with E-state index in [9.17, 15) is 18.0 Å². The van der Waals surface area contributed by atoms with Crippen LogP contribution in [0.4, 0.5) is 21.9 Å². The lowest BCUT2D eigenvalue weighted by Crippen LogP contribution is -2.35. The highest BCUT2D eigenvalue weighted by molar-refractivity contribution is 7.92. The Morgan fingerprint density at radius 2 is 1.68 bits per heavy atom. The van der Waals surface area contributed by atoms with Gasteiger partial charge in [0.25, 0.3) is 15.9 Å². The zero-order valence-electron chi connectivity index (χ0n) is 16.6. The van der Waals surface area contributed by atoms with Crippen molar-refractivity contribution in [2.75, 3.05) is 22.4 Å². The Morgan fingerprint density at radius 1 is 0.968 bits per heavy atom. The molecule has 0 fully saturated rings. The molecule has 0 saturated heterocycles. The Kier molecular flexibility index (Phi) is 5.35. The summed E-state index contributed by atoms with van der Waals surface area (Å²) in [6.07, 6.45) is 0. The maximum Gasteiger partial charge on any atom is 0.321 e. The number of rotatable bonds is 5. The van der Waals surface area contributed by atoms with E-state index in [4.69, 9.17) is 0 Å².